The molecular weight excluding hydrogens is 352 g/mol. The summed E-state index contributed by atoms with van der Waals surface area (Å²) in [6.45, 7) is 3.89. The molecule has 1 saturated carbocycles. The molecule has 1 aliphatic heterocycles. The summed E-state index contributed by atoms with van der Waals surface area (Å²) >= 11 is 0. The highest BCUT2D eigenvalue weighted by Crippen LogP contribution is 2.59. The number of likely N-dealkylation sites (tertiary alicyclic amines) is 1. The Hall–Kier alpha value is -2.89. The molecule has 1 aliphatic carbocycles. The molecule has 2 aromatic rings. The maximum absolute atomic E-state index is 12.8. The lowest BCUT2D eigenvalue weighted by molar-refractivity contribution is -0.132. The number of aryl methyl sites for hydroxylation is 1. The van der Waals surface area contributed by atoms with Gasteiger partial charge in [0.25, 0.3) is 0 Å². The molecule has 4 rings (SSSR count). The number of anilines is 1. The van der Waals surface area contributed by atoms with E-state index in [0.29, 0.717) is 19.6 Å². The van der Waals surface area contributed by atoms with Crippen LogP contribution in [-0.2, 0) is 11.3 Å². The maximum atomic E-state index is 12.8. The quantitative estimate of drug-likeness (QED) is 0.888. The number of amides is 3. The number of benzene rings is 1. The minimum atomic E-state index is -0.0827. The summed E-state index contributed by atoms with van der Waals surface area (Å²) in [5.41, 5.74) is 2.81. The molecule has 6 nitrogen and oxygen atoms in total. The number of rotatable bonds is 4. The van der Waals surface area contributed by atoms with Crippen molar-refractivity contribution in [1.82, 2.24) is 14.8 Å². The zero-order valence-electron chi connectivity index (χ0n) is 16.4. The van der Waals surface area contributed by atoms with E-state index in [1.807, 2.05) is 61.3 Å². The largest absolute Gasteiger partial charge is 0.340 e. The molecule has 1 aromatic carbocycles. The highest BCUT2D eigenvalue weighted by molar-refractivity contribution is 5.90. The van der Waals surface area contributed by atoms with Crippen LogP contribution in [-0.4, -0.2) is 46.9 Å². The summed E-state index contributed by atoms with van der Waals surface area (Å²) in [5, 5.41) is 2.96. The molecule has 1 saturated heterocycles. The van der Waals surface area contributed by atoms with E-state index < -0.39 is 0 Å². The number of aromatic nitrogens is 1. The summed E-state index contributed by atoms with van der Waals surface area (Å²) in [4.78, 5) is 33.3. The Morgan fingerprint density at radius 2 is 2.04 bits per heavy atom. The van der Waals surface area contributed by atoms with Crippen LogP contribution >= 0.6 is 0 Å². The Kier molecular flexibility index (Phi) is 4.79. The van der Waals surface area contributed by atoms with Crippen LogP contribution in [0.5, 0.6) is 0 Å². The molecule has 2 fully saturated rings. The van der Waals surface area contributed by atoms with Crippen LogP contribution in [0, 0.1) is 18.3 Å². The van der Waals surface area contributed by atoms with E-state index in [9.17, 15) is 9.59 Å². The molecule has 2 aliphatic rings. The molecule has 146 valence electrons. The van der Waals surface area contributed by atoms with Crippen LogP contribution in [0.4, 0.5) is 10.5 Å². The lowest BCUT2D eigenvalue weighted by atomic mass is 10.0. The number of carbonyl (C=O) groups excluding carboxylic acids is 2. The molecule has 2 unspecified atom stereocenters. The van der Waals surface area contributed by atoms with Crippen LogP contribution < -0.4 is 5.32 Å². The Morgan fingerprint density at radius 3 is 2.75 bits per heavy atom. The molecule has 2 heterocycles. The van der Waals surface area contributed by atoms with Gasteiger partial charge in [0.1, 0.15) is 0 Å². The number of carbonyl (C=O) groups is 2. The first kappa shape index (κ1) is 18.5. The first-order chi connectivity index (χ1) is 13.5. The molecular formula is C22H26N4O2. The standard InChI is InChI=1S/C22H26N4O2/c1-16-6-8-17(9-7-16)24-21(28)26-12-10-22(15-26)13-19(22)20(27)25(2)14-18-5-3-4-11-23-18/h3-9,11,19H,10,12-15H2,1-2H3,(H,24,28). The van der Waals surface area contributed by atoms with Gasteiger partial charge in [-0.2, -0.15) is 0 Å². The van der Waals surface area contributed by atoms with Gasteiger partial charge >= 0.3 is 6.03 Å². The number of nitrogens with zero attached hydrogens (tertiary/aromatic N) is 3. The third kappa shape index (κ3) is 3.72. The molecule has 1 spiro atoms. The van der Waals surface area contributed by atoms with Crippen molar-refractivity contribution in [2.24, 2.45) is 11.3 Å². The Morgan fingerprint density at radius 1 is 1.25 bits per heavy atom. The van der Waals surface area contributed by atoms with E-state index in [2.05, 4.69) is 10.3 Å². The Labute approximate surface area is 165 Å². The van der Waals surface area contributed by atoms with Crippen LogP contribution in [0.15, 0.2) is 48.7 Å². The third-order valence-electron chi connectivity index (χ3n) is 5.96. The van der Waals surface area contributed by atoms with Crippen molar-refractivity contribution in [2.45, 2.75) is 26.3 Å². The number of urea groups is 1. The second kappa shape index (κ2) is 7.26. The van der Waals surface area contributed by atoms with Gasteiger partial charge in [-0.25, -0.2) is 4.79 Å². The minimum Gasteiger partial charge on any atom is -0.340 e. The zero-order valence-corrected chi connectivity index (χ0v) is 16.4. The lowest BCUT2D eigenvalue weighted by Crippen LogP contribution is -2.34. The smallest absolute Gasteiger partial charge is 0.321 e. The summed E-state index contributed by atoms with van der Waals surface area (Å²) in [7, 11) is 1.83. The normalized spacial score (nSPS) is 22.9. The first-order valence-electron chi connectivity index (χ1n) is 9.74. The van der Waals surface area contributed by atoms with Crippen molar-refractivity contribution in [3.05, 3.63) is 59.9 Å². The summed E-state index contributed by atoms with van der Waals surface area (Å²) < 4.78 is 0. The predicted octanol–water partition coefficient (Wildman–Crippen LogP) is 3.29. The fraction of sp³-hybridized carbons (Fsp3) is 0.409. The van der Waals surface area contributed by atoms with Crippen molar-refractivity contribution in [1.29, 1.82) is 0 Å². The second-order valence-corrected chi connectivity index (χ2v) is 8.10. The van der Waals surface area contributed by atoms with Gasteiger partial charge in [-0.05, 0) is 44.0 Å². The van der Waals surface area contributed by atoms with E-state index in [4.69, 9.17) is 0 Å². The van der Waals surface area contributed by atoms with Crippen LogP contribution in [0.2, 0.25) is 0 Å². The third-order valence-corrected chi connectivity index (χ3v) is 5.96. The van der Waals surface area contributed by atoms with E-state index >= 15 is 0 Å². The first-order valence-corrected chi connectivity index (χ1v) is 9.74. The maximum Gasteiger partial charge on any atom is 0.321 e. The highest BCUT2D eigenvalue weighted by Gasteiger charge is 2.61. The molecule has 0 bridgehead atoms. The SMILES string of the molecule is Cc1ccc(NC(=O)N2CCC3(CC3C(=O)N(C)Cc3ccccn3)C2)cc1. The van der Waals surface area contributed by atoms with Crippen LogP contribution in [0.25, 0.3) is 0 Å². The Balaban J connectivity index is 1.32. The van der Waals surface area contributed by atoms with Gasteiger partial charge < -0.3 is 15.1 Å². The van der Waals surface area contributed by atoms with E-state index in [1.54, 1.807) is 11.1 Å². The van der Waals surface area contributed by atoms with Gasteiger partial charge in [0, 0.05) is 43.4 Å². The van der Waals surface area contributed by atoms with Gasteiger partial charge in [-0.3, -0.25) is 9.78 Å². The van der Waals surface area contributed by atoms with E-state index in [0.717, 1.165) is 29.8 Å². The van der Waals surface area contributed by atoms with Crippen LogP contribution in [0.3, 0.4) is 0 Å². The average molecular weight is 378 g/mol. The van der Waals surface area contributed by atoms with Crippen molar-refractivity contribution in [2.75, 3.05) is 25.5 Å². The number of nitrogens with one attached hydrogen (secondary N) is 1. The fourth-order valence-electron chi connectivity index (χ4n) is 4.14. The second-order valence-electron chi connectivity index (χ2n) is 8.10. The van der Waals surface area contributed by atoms with E-state index in [1.165, 1.54) is 0 Å². The monoisotopic (exact) mass is 378 g/mol. The van der Waals surface area contributed by atoms with Gasteiger partial charge in [0.05, 0.1) is 12.2 Å². The van der Waals surface area contributed by atoms with E-state index in [-0.39, 0.29) is 23.3 Å². The lowest BCUT2D eigenvalue weighted by Gasteiger charge is -2.20. The molecule has 1 aromatic heterocycles. The van der Waals surface area contributed by atoms with Gasteiger partial charge in [-0.1, -0.05) is 23.8 Å². The number of pyridine rings is 1. The van der Waals surface area contributed by atoms with Crippen molar-refractivity contribution >= 4 is 17.6 Å². The van der Waals surface area contributed by atoms with Crippen molar-refractivity contribution < 1.29 is 9.59 Å². The summed E-state index contributed by atoms with van der Waals surface area (Å²) in [5.74, 6) is 0.171. The van der Waals surface area contributed by atoms with Gasteiger partial charge in [0.2, 0.25) is 5.91 Å². The van der Waals surface area contributed by atoms with Crippen molar-refractivity contribution in [3.63, 3.8) is 0 Å². The number of hydrogen-bond donors (Lipinski definition) is 1. The summed E-state index contributed by atoms with van der Waals surface area (Å²) in [6, 6.07) is 13.4. The zero-order chi connectivity index (χ0) is 19.7. The summed E-state index contributed by atoms with van der Waals surface area (Å²) in [6.07, 6.45) is 3.50. The molecule has 28 heavy (non-hydrogen) atoms. The molecule has 3 amide bonds. The topological polar surface area (TPSA) is 65.5 Å². The highest BCUT2D eigenvalue weighted by atomic mass is 16.2. The minimum absolute atomic E-state index is 0.0124. The predicted molar refractivity (Wildman–Crippen MR) is 108 cm³/mol. The Bertz CT molecular complexity index is 868. The molecule has 0 radical (unpaired) electrons. The molecule has 6 heteroatoms. The molecule has 2 atom stereocenters. The van der Waals surface area contributed by atoms with Gasteiger partial charge in [-0.15, -0.1) is 0 Å². The number of hydrogen-bond acceptors (Lipinski definition) is 3. The van der Waals surface area contributed by atoms with Crippen molar-refractivity contribution in [3.8, 4) is 0 Å². The average Bonchev–Trinajstić information content (AvgIpc) is 3.22. The fourth-order valence-corrected chi connectivity index (χ4v) is 4.14. The van der Waals surface area contributed by atoms with Crippen LogP contribution in [0.1, 0.15) is 24.1 Å². The van der Waals surface area contributed by atoms with Gasteiger partial charge in [0.15, 0.2) is 0 Å². The molecule has 1 N–H and O–H groups in total.